The molecule has 6 heteroatoms. The Morgan fingerprint density at radius 2 is 1.87 bits per heavy atom. The molecule has 0 bridgehead atoms. The van der Waals surface area contributed by atoms with E-state index in [0.717, 1.165) is 40.6 Å². The van der Waals surface area contributed by atoms with Crippen molar-refractivity contribution in [2.24, 2.45) is 0 Å². The molecular weight excluding hydrogens is 392 g/mol. The Kier molecular flexibility index (Phi) is 6.26. The zero-order valence-electron chi connectivity index (χ0n) is 17.4. The molecule has 1 amide bonds. The van der Waals surface area contributed by atoms with E-state index in [1.807, 2.05) is 54.6 Å². The van der Waals surface area contributed by atoms with E-state index in [9.17, 15) is 9.59 Å². The van der Waals surface area contributed by atoms with Gasteiger partial charge in [0.25, 0.3) is 5.91 Å². The fraction of sp³-hybridized carbons (Fsp3) is 0.240. The van der Waals surface area contributed by atoms with Crippen LogP contribution in [0.2, 0.25) is 0 Å². The molecule has 158 valence electrons. The van der Waals surface area contributed by atoms with Crippen LogP contribution in [-0.2, 0) is 20.9 Å². The van der Waals surface area contributed by atoms with Crippen LogP contribution >= 0.6 is 0 Å². The van der Waals surface area contributed by atoms with Crippen molar-refractivity contribution in [3.63, 3.8) is 0 Å². The molecular formula is C25H24N2O4. The molecule has 1 aromatic heterocycles. The molecule has 0 saturated heterocycles. The number of para-hydroxylation sites is 1. The maximum Gasteiger partial charge on any atom is 0.331 e. The van der Waals surface area contributed by atoms with Crippen molar-refractivity contribution in [2.45, 2.75) is 25.4 Å². The number of aromatic nitrogens is 1. The van der Waals surface area contributed by atoms with Crippen molar-refractivity contribution >= 4 is 28.9 Å². The van der Waals surface area contributed by atoms with Gasteiger partial charge >= 0.3 is 5.97 Å². The first kappa shape index (κ1) is 20.6. The molecule has 1 fully saturated rings. The highest BCUT2D eigenvalue weighted by Crippen LogP contribution is 2.29. The summed E-state index contributed by atoms with van der Waals surface area (Å²) in [5, 5.41) is 0.992. The quantitative estimate of drug-likeness (QED) is 0.410. The largest absolute Gasteiger partial charge is 0.497 e. The third kappa shape index (κ3) is 5.28. The van der Waals surface area contributed by atoms with Gasteiger partial charge in [-0.1, -0.05) is 36.4 Å². The number of carbonyl (C=O) groups is 2. The fourth-order valence-electron chi connectivity index (χ4n) is 3.42. The van der Waals surface area contributed by atoms with Crippen molar-refractivity contribution in [3.05, 3.63) is 78.0 Å². The highest BCUT2D eigenvalue weighted by Gasteiger charge is 2.32. The van der Waals surface area contributed by atoms with Crippen LogP contribution in [0.1, 0.15) is 24.0 Å². The molecule has 4 rings (SSSR count). The number of fused-ring (bicyclic) bond motifs is 1. The number of amides is 1. The third-order valence-electron chi connectivity index (χ3n) is 5.22. The third-order valence-corrected chi connectivity index (χ3v) is 5.22. The lowest BCUT2D eigenvalue weighted by Gasteiger charge is -2.22. The zero-order chi connectivity index (χ0) is 21.6. The average Bonchev–Trinajstić information content (AvgIpc) is 3.65. The molecule has 2 aromatic carbocycles. The summed E-state index contributed by atoms with van der Waals surface area (Å²) in [6.45, 7) is 0.214. The van der Waals surface area contributed by atoms with Crippen LogP contribution in [0, 0.1) is 0 Å². The number of carbonyl (C=O) groups excluding carboxylic acids is 2. The maximum absolute atomic E-state index is 12.7. The molecule has 0 spiro atoms. The number of ether oxygens (including phenoxy) is 2. The number of rotatable bonds is 8. The smallest absolute Gasteiger partial charge is 0.331 e. The number of nitrogens with zero attached hydrogens (tertiary/aromatic N) is 2. The molecule has 1 aliphatic carbocycles. The van der Waals surface area contributed by atoms with E-state index in [1.54, 1.807) is 24.3 Å². The molecule has 1 heterocycles. The van der Waals surface area contributed by atoms with E-state index < -0.39 is 5.97 Å². The second kappa shape index (κ2) is 9.43. The molecule has 0 N–H and O–H groups in total. The van der Waals surface area contributed by atoms with Gasteiger partial charge in [0.05, 0.1) is 12.6 Å². The standard InChI is InChI=1S/C25H24N2O4/c1-30-22-12-7-18(8-13-22)16-27(21-10-11-21)23(28)17-31-24(29)14-9-20-5-2-4-19-6-3-15-26-25(19)20/h2-9,12-15,21H,10-11,16-17H2,1H3/b14-9-. The van der Waals surface area contributed by atoms with Crippen LogP contribution < -0.4 is 4.74 Å². The SMILES string of the molecule is COc1ccc(CN(C(=O)COC(=O)/C=C\c2cccc3cccnc23)C2CC2)cc1. The summed E-state index contributed by atoms with van der Waals surface area (Å²) in [7, 11) is 1.62. The predicted molar refractivity (Wildman–Crippen MR) is 118 cm³/mol. The van der Waals surface area contributed by atoms with E-state index >= 15 is 0 Å². The molecule has 1 saturated carbocycles. The molecule has 1 aliphatic rings. The lowest BCUT2D eigenvalue weighted by Crippen LogP contribution is -2.35. The van der Waals surface area contributed by atoms with Gasteiger partial charge in [-0.05, 0) is 42.7 Å². The summed E-state index contributed by atoms with van der Waals surface area (Å²) in [6, 6.07) is 17.4. The first-order chi connectivity index (χ1) is 15.1. The Hall–Kier alpha value is -3.67. The van der Waals surface area contributed by atoms with Gasteiger partial charge in [-0.2, -0.15) is 0 Å². The predicted octanol–water partition coefficient (Wildman–Crippen LogP) is 3.99. The van der Waals surface area contributed by atoms with Crippen LogP contribution in [0.5, 0.6) is 5.75 Å². The molecule has 0 atom stereocenters. The van der Waals surface area contributed by atoms with Gasteiger partial charge in [0.15, 0.2) is 6.61 Å². The summed E-state index contributed by atoms with van der Waals surface area (Å²) in [5.41, 5.74) is 2.64. The van der Waals surface area contributed by atoms with E-state index in [4.69, 9.17) is 9.47 Å². The van der Waals surface area contributed by atoms with Gasteiger partial charge in [-0.15, -0.1) is 0 Å². The van der Waals surface area contributed by atoms with Gasteiger partial charge in [0.2, 0.25) is 0 Å². The maximum atomic E-state index is 12.7. The zero-order valence-corrected chi connectivity index (χ0v) is 17.4. The van der Waals surface area contributed by atoms with Gasteiger partial charge in [-0.3, -0.25) is 9.78 Å². The van der Waals surface area contributed by atoms with E-state index in [2.05, 4.69) is 4.98 Å². The lowest BCUT2D eigenvalue weighted by molar-refractivity contribution is -0.148. The van der Waals surface area contributed by atoms with Crippen LogP contribution in [0.3, 0.4) is 0 Å². The van der Waals surface area contributed by atoms with Crippen molar-refractivity contribution < 1.29 is 19.1 Å². The number of hydrogen-bond acceptors (Lipinski definition) is 5. The van der Waals surface area contributed by atoms with E-state index in [1.165, 1.54) is 6.08 Å². The van der Waals surface area contributed by atoms with Gasteiger partial charge in [-0.25, -0.2) is 4.79 Å². The monoisotopic (exact) mass is 416 g/mol. The molecule has 0 radical (unpaired) electrons. The molecule has 31 heavy (non-hydrogen) atoms. The Morgan fingerprint density at radius 3 is 2.61 bits per heavy atom. The number of benzene rings is 2. The van der Waals surface area contributed by atoms with Crippen LogP contribution in [0.25, 0.3) is 17.0 Å². The van der Waals surface area contributed by atoms with Crippen molar-refractivity contribution in [3.8, 4) is 5.75 Å². The number of hydrogen-bond donors (Lipinski definition) is 0. The summed E-state index contributed by atoms with van der Waals surface area (Å²) in [4.78, 5) is 31.0. The number of methoxy groups -OCH3 is 1. The molecule has 0 unspecified atom stereocenters. The Bertz CT molecular complexity index is 1100. The molecule has 3 aromatic rings. The first-order valence-corrected chi connectivity index (χ1v) is 10.2. The fourth-order valence-corrected chi connectivity index (χ4v) is 3.42. The number of esters is 1. The Balaban J connectivity index is 1.35. The van der Waals surface area contributed by atoms with E-state index in [0.29, 0.717) is 6.54 Å². The second-order valence-electron chi connectivity index (χ2n) is 7.46. The van der Waals surface area contributed by atoms with Crippen molar-refractivity contribution in [1.29, 1.82) is 0 Å². The minimum absolute atomic E-state index is 0.188. The highest BCUT2D eigenvalue weighted by atomic mass is 16.5. The summed E-state index contributed by atoms with van der Waals surface area (Å²) in [6.07, 6.45) is 6.67. The van der Waals surface area contributed by atoms with E-state index in [-0.39, 0.29) is 18.6 Å². The summed E-state index contributed by atoms with van der Waals surface area (Å²) < 4.78 is 10.4. The average molecular weight is 416 g/mol. The molecule has 6 nitrogen and oxygen atoms in total. The Labute approximate surface area is 181 Å². The van der Waals surface area contributed by atoms with Gasteiger partial charge in [0.1, 0.15) is 5.75 Å². The Morgan fingerprint density at radius 1 is 1.10 bits per heavy atom. The summed E-state index contributed by atoms with van der Waals surface area (Å²) in [5.74, 6) is 0.0311. The van der Waals surface area contributed by atoms with Crippen LogP contribution in [0.4, 0.5) is 0 Å². The normalized spacial score (nSPS) is 13.3. The van der Waals surface area contributed by atoms with Crippen LogP contribution in [-0.4, -0.2) is 41.5 Å². The van der Waals surface area contributed by atoms with Gasteiger partial charge < -0.3 is 14.4 Å². The first-order valence-electron chi connectivity index (χ1n) is 10.2. The molecule has 0 aliphatic heterocycles. The second-order valence-corrected chi connectivity index (χ2v) is 7.46. The summed E-state index contributed by atoms with van der Waals surface area (Å²) >= 11 is 0. The highest BCUT2D eigenvalue weighted by molar-refractivity contribution is 5.93. The topological polar surface area (TPSA) is 68.7 Å². The minimum atomic E-state index is -0.554. The van der Waals surface area contributed by atoms with Crippen LogP contribution in [0.15, 0.2) is 66.9 Å². The number of pyridine rings is 1. The van der Waals surface area contributed by atoms with Gasteiger partial charge in [0, 0.05) is 35.8 Å². The minimum Gasteiger partial charge on any atom is -0.497 e. The lowest BCUT2D eigenvalue weighted by atomic mass is 10.1. The van der Waals surface area contributed by atoms with Crippen molar-refractivity contribution in [2.75, 3.05) is 13.7 Å². The van der Waals surface area contributed by atoms with Crippen molar-refractivity contribution in [1.82, 2.24) is 9.88 Å².